The van der Waals surface area contributed by atoms with Crippen molar-refractivity contribution in [2.75, 3.05) is 0 Å². The maximum Gasteiger partial charge on any atom is 0.132 e. The fourth-order valence-corrected chi connectivity index (χ4v) is 3.64. The summed E-state index contributed by atoms with van der Waals surface area (Å²) >= 11 is 1.56. The van der Waals surface area contributed by atoms with Crippen molar-refractivity contribution in [1.82, 2.24) is 9.78 Å². The highest BCUT2D eigenvalue weighted by atomic mass is 32.1. The quantitative estimate of drug-likeness (QED) is 0.803. The molecule has 0 fully saturated rings. The van der Waals surface area contributed by atoms with Gasteiger partial charge in [-0.25, -0.2) is 4.39 Å². The van der Waals surface area contributed by atoms with E-state index < -0.39 is 0 Å². The molecule has 0 aliphatic carbocycles. The molecule has 5 heteroatoms. The smallest absolute Gasteiger partial charge is 0.132 e. The number of aryl methyl sites for hydroxylation is 2. The second kappa shape index (κ2) is 5.00. The number of hydrogen-bond acceptors (Lipinski definition) is 3. The van der Waals surface area contributed by atoms with Crippen LogP contribution < -0.4 is 5.73 Å². The van der Waals surface area contributed by atoms with Crippen LogP contribution in [0.2, 0.25) is 0 Å². The molecule has 0 saturated carbocycles. The van der Waals surface area contributed by atoms with Gasteiger partial charge in [0.2, 0.25) is 0 Å². The van der Waals surface area contributed by atoms with Crippen LogP contribution in [0.4, 0.5) is 4.39 Å². The van der Waals surface area contributed by atoms with Gasteiger partial charge >= 0.3 is 0 Å². The van der Waals surface area contributed by atoms with Crippen LogP contribution in [0.25, 0.3) is 10.1 Å². The van der Waals surface area contributed by atoms with Gasteiger partial charge in [-0.1, -0.05) is 6.07 Å². The van der Waals surface area contributed by atoms with Gasteiger partial charge in [0.05, 0.1) is 12.2 Å². The molecular weight excluding hydrogens is 273 g/mol. The van der Waals surface area contributed by atoms with Crippen LogP contribution in [0.3, 0.4) is 0 Å². The summed E-state index contributed by atoms with van der Waals surface area (Å²) in [5.74, 6) is -0.185. The van der Waals surface area contributed by atoms with Gasteiger partial charge in [0.25, 0.3) is 0 Å². The van der Waals surface area contributed by atoms with Crippen molar-refractivity contribution in [2.45, 2.75) is 26.9 Å². The first-order valence-corrected chi connectivity index (χ1v) is 7.31. The molecule has 104 valence electrons. The van der Waals surface area contributed by atoms with Gasteiger partial charge < -0.3 is 5.73 Å². The molecule has 0 aliphatic heterocycles. The van der Waals surface area contributed by atoms with E-state index in [0.717, 1.165) is 26.5 Å². The van der Waals surface area contributed by atoms with Gasteiger partial charge in [-0.05, 0) is 37.6 Å². The van der Waals surface area contributed by atoms with Crippen LogP contribution in [0.5, 0.6) is 0 Å². The zero-order valence-corrected chi connectivity index (χ0v) is 12.3. The topological polar surface area (TPSA) is 43.8 Å². The maximum atomic E-state index is 14.1. The van der Waals surface area contributed by atoms with Gasteiger partial charge in [0.15, 0.2) is 0 Å². The monoisotopic (exact) mass is 289 g/mol. The highest BCUT2D eigenvalue weighted by molar-refractivity contribution is 7.19. The van der Waals surface area contributed by atoms with Crippen LogP contribution in [0, 0.1) is 19.7 Å². The summed E-state index contributed by atoms with van der Waals surface area (Å²) < 4.78 is 17.0. The minimum atomic E-state index is -0.185. The summed E-state index contributed by atoms with van der Waals surface area (Å²) in [7, 11) is 0. The Balaban J connectivity index is 2.17. The second-order valence-corrected chi connectivity index (χ2v) is 6.04. The van der Waals surface area contributed by atoms with Crippen molar-refractivity contribution in [3.05, 3.63) is 51.9 Å². The Morgan fingerprint density at radius 2 is 2.15 bits per heavy atom. The first-order chi connectivity index (χ1) is 9.60. The number of halogens is 1. The number of nitrogens with zero attached hydrogens (tertiary/aromatic N) is 2. The predicted octanol–water partition coefficient (Wildman–Crippen LogP) is 3.36. The molecule has 0 bridgehead atoms. The van der Waals surface area contributed by atoms with Crippen molar-refractivity contribution >= 4 is 21.4 Å². The molecule has 0 radical (unpaired) electrons. The Bertz CT molecular complexity index is 773. The largest absolute Gasteiger partial charge is 0.326 e. The fourth-order valence-electron chi connectivity index (χ4n) is 2.53. The van der Waals surface area contributed by atoms with E-state index in [2.05, 4.69) is 5.10 Å². The first-order valence-electron chi connectivity index (χ1n) is 6.50. The van der Waals surface area contributed by atoms with Gasteiger partial charge in [0.1, 0.15) is 5.82 Å². The number of aromatic nitrogens is 2. The number of fused-ring (bicyclic) bond motifs is 1. The van der Waals surface area contributed by atoms with Crippen molar-refractivity contribution in [2.24, 2.45) is 5.73 Å². The number of rotatable bonds is 3. The maximum absolute atomic E-state index is 14.1. The van der Waals surface area contributed by atoms with E-state index in [1.807, 2.05) is 30.7 Å². The highest BCUT2D eigenvalue weighted by Crippen LogP contribution is 2.33. The van der Waals surface area contributed by atoms with Crippen LogP contribution in [-0.4, -0.2) is 9.78 Å². The Kier molecular flexibility index (Phi) is 3.31. The lowest BCUT2D eigenvalue weighted by Crippen LogP contribution is -2.07. The summed E-state index contributed by atoms with van der Waals surface area (Å²) in [4.78, 5) is 1.03. The SMILES string of the molecule is Cc1cc(C)n(Cc2c(CN)sc3cccc(F)c23)n1. The molecule has 20 heavy (non-hydrogen) atoms. The van der Waals surface area contributed by atoms with Gasteiger partial charge in [-0.15, -0.1) is 11.3 Å². The Morgan fingerprint density at radius 3 is 2.80 bits per heavy atom. The fraction of sp³-hybridized carbons (Fsp3) is 0.267. The zero-order chi connectivity index (χ0) is 14.3. The van der Waals surface area contributed by atoms with Crippen molar-refractivity contribution in [3.63, 3.8) is 0 Å². The van der Waals surface area contributed by atoms with E-state index in [1.165, 1.54) is 6.07 Å². The van der Waals surface area contributed by atoms with E-state index in [4.69, 9.17) is 5.73 Å². The van der Waals surface area contributed by atoms with Crippen LogP contribution >= 0.6 is 11.3 Å². The van der Waals surface area contributed by atoms with Crippen molar-refractivity contribution in [1.29, 1.82) is 0 Å². The normalized spacial score (nSPS) is 11.4. The molecule has 2 aromatic heterocycles. The third-order valence-electron chi connectivity index (χ3n) is 3.44. The van der Waals surface area contributed by atoms with Gasteiger partial charge in [-0.2, -0.15) is 5.10 Å². The minimum Gasteiger partial charge on any atom is -0.326 e. The van der Waals surface area contributed by atoms with Crippen LogP contribution in [-0.2, 0) is 13.1 Å². The summed E-state index contributed by atoms with van der Waals surface area (Å²) in [5.41, 5.74) is 8.81. The van der Waals surface area contributed by atoms with Crippen molar-refractivity contribution in [3.8, 4) is 0 Å². The minimum absolute atomic E-state index is 0.185. The van der Waals surface area contributed by atoms with E-state index in [9.17, 15) is 4.39 Å². The number of benzene rings is 1. The van der Waals surface area contributed by atoms with Gasteiger partial charge in [0, 0.05) is 27.2 Å². The molecule has 0 spiro atoms. The number of hydrogen-bond donors (Lipinski definition) is 1. The van der Waals surface area contributed by atoms with E-state index in [1.54, 1.807) is 17.4 Å². The standard InChI is InChI=1S/C15H16FN3S/c1-9-6-10(2)19(18-9)8-11-14(7-17)20-13-5-3-4-12(16)15(11)13/h3-6H,7-8,17H2,1-2H3. The lowest BCUT2D eigenvalue weighted by Gasteiger charge is -2.06. The van der Waals surface area contributed by atoms with Crippen LogP contribution in [0.1, 0.15) is 21.8 Å². The average Bonchev–Trinajstić information content (AvgIpc) is 2.92. The molecule has 0 unspecified atom stereocenters. The molecule has 2 heterocycles. The molecule has 0 aliphatic rings. The molecule has 2 N–H and O–H groups in total. The summed E-state index contributed by atoms with van der Waals surface area (Å²) in [6.07, 6.45) is 0. The summed E-state index contributed by atoms with van der Waals surface area (Å²) in [5, 5.41) is 5.14. The Labute approximate surface area is 120 Å². The second-order valence-electron chi connectivity index (χ2n) is 4.91. The Morgan fingerprint density at radius 1 is 1.35 bits per heavy atom. The van der Waals surface area contributed by atoms with Crippen LogP contribution in [0.15, 0.2) is 24.3 Å². The number of thiophene rings is 1. The van der Waals surface area contributed by atoms with E-state index in [-0.39, 0.29) is 5.82 Å². The van der Waals surface area contributed by atoms with E-state index >= 15 is 0 Å². The molecular formula is C15H16FN3S. The molecule has 3 nitrogen and oxygen atoms in total. The number of nitrogens with two attached hydrogens (primary N) is 1. The summed E-state index contributed by atoms with van der Waals surface area (Å²) in [6.45, 7) is 4.95. The molecule has 3 aromatic rings. The van der Waals surface area contributed by atoms with Gasteiger partial charge in [-0.3, -0.25) is 4.68 Å². The lowest BCUT2D eigenvalue weighted by atomic mass is 10.1. The molecule has 0 amide bonds. The third kappa shape index (κ3) is 2.13. The molecule has 1 aromatic carbocycles. The average molecular weight is 289 g/mol. The predicted molar refractivity (Wildman–Crippen MR) is 80.5 cm³/mol. The highest BCUT2D eigenvalue weighted by Gasteiger charge is 2.16. The first kappa shape index (κ1) is 13.3. The Hall–Kier alpha value is -1.72. The molecule has 0 atom stereocenters. The lowest BCUT2D eigenvalue weighted by molar-refractivity contribution is 0.631. The summed E-state index contributed by atoms with van der Waals surface area (Å²) in [6, 6.07) is 7.20. The van der Waals surface area contributed by atoms with Crippen molar-refractivity contribution < 1.29 is 4.39 Å². The van der Waals surface area contributed by atoms with E-state index in [0.29, 0.717) is 18.5 Å². The third-order valence-corrected chi connectivity index (χ3v) is 4.66. The molecule has 0 saturated heterocycles. The molecule has 3 rings (SSSR count). The zero-order valence-electron chi connectivity index (χ0n) is 11.5.